The van der Waals surface area contributed by atoms with E-state index in [0.717, 1.165) is 40.2 Å². The molecule has 2 heterocycles. The smallest absolute Gasteiger partial charge is 0.173 e. The second kappa shape index (κ2) is 7.58. The van der Waals surface area contributed by atoms with Crippen LogP contribution in [0.4, 0.5) is 0 Å². The Morgan fingerprint density at radius 2 is 2.04 bits per heavy atom. The Morgan fingerprint density at radius 3 is 2.70 bits per heavy atom. The zero-order valence-corrected chi connectivity index (χ0v) is 16.0. The standard InChI is InChI=1S/C22H24N4O/c1-6-20-19-13-21(27)14(2)12-18(19)17(5)26(20)15(3)8-11-23-16(4)22-24-9-7-10-25-22/h7-13,20,27H,3,5-6H2,1-2,4H3/b11-8-,23-16+. The lowest BCUT2D eigenvalue weighted by molar-refractivity contribution is 0.385. The largest absolute Gasteiger partial charge is 0.508 e. The lowest BCUT2D eigenvalue weighted by Crippen LogP contribution is -2.18. The van der Waals surface area contributed by atoms with Crippen LogP contribution in [0.15, 0.2) is 66.7 Å². The molecule has 1 atom stereocenters. The summed E-state index contributed by atoms with van der Waals surface area (Å²) < 4.78 is 0. The molecule has 138 valence electrons. The highest BCUT2D eigenvalue weighted by Gasteiger charge is 2.33. The Morgan fingerprint density at radius 1 is 1.33 bits per heavy atom. The van der Waals surface area contributed by atoms with Crippen LogP contribution in [0.25, 0.3) is 5.70 Å². The van der Waals surface area contributed by atoms with Crippen LogP contribution in [-0.2, 0) is 0 Å². The van der Waals surface area contributed by atoms with Gasteiger partial charge in [0.15, 0.2) is 5.82 Å². The molecule has 0 saturated carbocycles. The third-order valence-corrected chi connectivity index (χ3v) is 4.76. The van der Waals surface area contributed by atoms with E-state index >= 15 is 0 Å². The molecule has 0 fully saturated rings. The van der Waals surface area contributed by atoms with Gasteiger partial charge in [-0.3, -0.25) is 4.99 Å². The van der Waals surface area contributed by atoms with Gasteiger partial charge in [0, 0.05) is 35.6 Å². The fourth-order valence-electron chi connectivity index (χ4n) is 3.33. The molecule has 1 aromatic heterocycles. The van der Waals surface area contributed by atoms with Crippen LogP contribution in [0, 0.1) is 6.92 Å². The summed E-state index contributed by atoms with van der Waals surface area (Å²) in [7, 11) is 0. The van der Waals surface area contributed by atoms with Crippen molar-refractivity contribution in [3.05, 3.63) is 84.2 Å². The number of nitrogens with zero attached hydrogens (tertiary/aromatic N) is 4. The van der Waals surface area contributed by atoms with E-state index in [1.165, 1.54) is 0 Å². The first-order valence-corrected chi connectivity index (χ1v) is 8.93. The molecule has 1 aliphatic heterocycles. The highest BCUT2D eigenvalue weighted by Crippen LogP contribution is 2.46. The number of benzene rings is 1. The second-order valence-electron chi connectivity index (χ2n) is 6.56. The number of hydrogen-bond acceptors (Lipinski definition) is 5. The molecule has 5 heteroatoms. The highest BCUT2D eigenvalue weighted by molar-refractivity contribution is 5.95. The number of rotatable bonds is 5. The molecule has 1 aliphatic rings. The van der Waals surface area contributed by atoms with Crippen LogP contribution in [0.1, 0.15) is 48.8 Å². The van der Waals surface area contributed by atoms with Crippen molar-refractivity contribution in [1.29, 1.82) is 0 Å². The van der Waals surface area contributed by atoms with E-state index in [2.05, 4.69) is 39.9 Å². The minimum Gasteiger partial charge on any atom is -0.508 e. The van der Waals surface area contributed by atoms with Crippen molar-refractivity contribution in [1.82, 2.24) is 14.9 Å². The van der Waals surface area contributed by atoms with Gasteiger partial charge < -0.3 is 10.0 Å². The summed E-state index contributed by atoms with van der Waals surface area (Å²) in [5.41, 5.74) is 5.40. The van der Waals surface area contributed by atoms with Crippen molar-refractivity contribution in [3.63, 3.8) is 0 Å². The SMILES string of the molecule is C=C(/C=C\N=C(/C)c1ncccn1)N1C(=C)c2cc(C)c(O)cc2C1CC. The number of allylic oxidation sites excluding steroid dienone is 1. The van der Waals surface area contributed by atoms with E-state index in [1.54, 1.807) is 24.7 Å². The van der Waals surface area contributed by atoms with Gasteiger partial charge in [0.2, 0.25) is 0 Å². The van der Waals surface area contributed by atoms with Crippen LogP contribution in [0.3, 0.4) is 0 Å². The van der Waals surface area contributed by atoms with Gasteiger partial charge in [-0.25, -0.2) is 9.97 Å². The first kappa shape index (κ1) is 18.6. The molecule has 3 rings (SSSR count). The lowest BCUT2D eigenvalue weighted by Gasteiger charge is -2.27. The maximum Gasteiger partial charge on any atom is 0.173 e. The minimum absolute atomic E-state index is 0.0960. The average molecular weight is 360 g/mol. The molecule has 0 radical (unpaired) electrons. The first-order chi connectivity index (χ1) is 12.9. The Kier molecular flexibility index (Phi) is 5.21. The lowest BCUT2D eigenvalue weighted by atomic mass is 9.99. The summed E-state index contributed by atoms with van der Waals surface area (Å²) in [4.78, 5) is 14.9. The number of phenolic OH excluding ortho intramolecular Hbond substituents is 1. The Hall–Kier alpha value is -3.21. The summed E-state index contributed by atoms with van der Waals surface area (Å²) >= 11 is 0. The molecule has 0 saturated heterocycles. The van der Waals surface area contributed by atoms with E-state index in [-0.39, 0.29) is 6.04 Å². The van der Waals surface area contributed by atoms with Crippen molar-refractivity contribution in [2.45, 2.75) is 33.2 Å². The number of phenols is 1. The van der Waals surface area contributed by atoms with E-state index < -0.39 is 0 Å². The summed E-state index contributed by atoms with van der Waals surface area (Å²) in [6.45, 7) is 14.3. The van der Waals surface area contributed by atoms with Gasteiger partial charge in [-0.15, -0.1) is 0 Å². The molecular formula is C22H24N4O. The molecule has 0 amide bonds. The van der Waals surface area contributed by atoms with Gasteiger partial charge >= 0.3 is 0 Å². The molecular weight excluding hydrogens is 336 g/mol. The van der Waals surface area contributed by atoms with E-state index in [4.69, 9.17) is 0 Å². The predicted octanol–water partition coefficient (Wildman–Crippen LogP) is 4.76. The minimum atomic E-state index is 0.0960. The third kappa shape index (κ3) is 3.53. The molecule has 1 N–H and O–H groups in total. The van der Waals surface area contributed by atoms with Crippen LogP contribution < -0.4 is 0 Å². The number of fused-ring (bicyclic) bond motifs is 1. The molecule has 0 aliphatic carbocycles. The maximum atomic E-state index is 10.1. The molecule has 5 nitrogen and oxygen atoms in total. The molecule has 0 bridgehead atoms. The van der Waals surface area contributed by atoms with E-state index in [0.29, 0.717) is 11.6 Å². The fraction of sp³-hybridized carbons (Fsp3) is 0.227. The van der Waals surface area contributed by atoms with Gasteiger partial charge in [-0.05, 0) is 55.7 Å². The summed E-state index contributed by atoms with van der Waals surface area (Å²) in [5, 5.41) is 10.1. The first-order valence-electron chi connectivity index (χ1n) is 8.93. The van der Waals surface area contributed by atoms with Crippen molar-refractivity contribution in [3.8, 4) is 5.75 Å². The van der Waals surface area contributed by atoms with Crippen LogP contribution in [0.5, 0.6) is 5.75 Å². The topological polar surface area (TPSA) is 61.6 Å². The van der Waals surface area contributed by atoms with Crippen molar-refractivity contribution in [2.24, 2.45) is 4.99 Å². The maximum absolute atomic E-state index is 10.1. The fourth-order valence-corrected chi connectivity index (χ4v) is 3.33. The van der Waals surface area contributed by atoms with E-state index in [1.807, 2.05) is 32.1 Å². The van der Waals surface area contributed by atoms with Gasteiger partial charge in [-0.2, -0.15) is 0 Å². The van der Waals surface area contributed by atoms with Crippen molar-refractivity contribution < 1.29 is 5.11 Å². The quantitative estimate of drug-likeness (QED) is 0.616. The summed E-state index contributed by atoms with van der Waals surface area (Å²) in [6.07, 6.45) is 7.83. The second-order valence-corrected chi connectivity index (χ2v) is 6.56. The molecule has 27 heavy (non-hydrogen) atoms. The zero-order valence-electron chi connectivity index (χ0n) is 16.0. The van der Waals surface area contributed by atoms with Crippen LogP contribution in [-0.4, -0.2) is 25.7 Å². The Balaban J connectivity index is 1.83. The van der Waals surface area contributed by atoms with Gasteiger partial charge in [0.1, 0.15) is 5.75 Å². The monoisotopic (exact) mass is 360 g/mol. The number of aryl methyl sites for hydroxylation is 1. The number of aromatic nitrogens is 2. The number of aromatic hydroxyl groups is 1. The van der Waals surface area contributed by atoms with Crippen molar-refractivity contribution >= 4 is 11.4 Å². The van der Waals surface area contributed by atoms with Gasteiger partial charge in [-0.1, -0.05) is 20.1 Å². The van der Waals surface area contributed by atoms with Crippen LogP contribution in [0.2, 0.25) is 0 Å². The summed E-state index contributed by atoms with van der Waals surface area (Å²) in [6, 6.07) is 5.70. The molecule has 1 unspecified atom stereocenters. The predicted molar refractivity (Wildman–Crippen MR) is 109 cm³/mol. The van der Waals surface area contributed by atoms with Gasteiger partial charge in [0.05, 0.1) is 11.8 Å². The van der Waals surface area contributed by atoms with Crippen molar-refractivity contribution in [2.75, 3.05) is 0 Å². The zero-order chi connectivity index (χ0) is 19.6. The third-order valence-electron chi connectivity index (χ3n) is 4.76. The number of aliphatic imine (C=N–C) groups is 1. The molecule has 0 spiro atoms. The summed E-state index contributed by atoms with van der Waals surface area (Å²) in [5.74, 6) is 0.911. The normalized spacial score (nSPS) is 16.9. The van der Waals surface area contributed by atoms with Crippen LogP contribution >= 0.6 is 0 Å². The molecule has 2 aromatic rings. The highest BCUT2D eigenvalue weighted by atomic mass is 16.3. The van der Waals surface area contributed by atoms with E-state index in [9.17, 15) is 5.11 Å². The Bertz CT molecular complexity index is 944. The van der Waals surface area contributed by atoms with Gasteiger partial charge in [0.25, 0.3) is 0 Å². The number of hydrogen-bond donors (Lipinski definition) is 1. The Labute approximate surface area is 160 Å². The average Bonchev–Trinajstić information content (AvgIpc) is 2.94. The molecule has 1 aromatic carbocycles.